The van der Waals surface area contributed by atoms with Crippen LogP contribution < -0.4 is 5.32 Å². The van der Waals surface area contributed by atoms with Gasteiger partial charge >= 0.3 is 5.97 Å². The number of fused-ring (bicyclic) bond motifs is 1. The number of carboxylic acid groups (broad SMARTS) is 1. The fraction of sp³-hybridized carbons (Fsp3) is 0.333. The first kappa shape index (κ1) is 12.9. The average molecular weight is 272 g/mol. The van der Waals surface area contributed by atoms with Crippen molar-refractivity contribution < 1.29 is 14.6 Å². The number of aromatic nitrogens is 1. The van der Waals surface area contributed by atoms with Crippen molar-refractivity contribution in [3.05, 3.63) is 35.9 Å². The number of aromatic carboxylic acids is 1. The first-order valence-electron chi connectivity index (χ1n) is 6.71. The van der Waals surface area contributed by atoms with Gasteiger partial charge in [-0.3, -0.25) is 0 Å². The molecular formula is C15H16N2O3. The standard InChI is InChI=1S/C15H16N2O3/c18-15(19)12-9-10-3-1-2-4-13(10)17-14(12)16-11-5-7-20-8-6-11/h1-4,9,11H,5-8H2,(H,16,17)(H,18,19). The minimum atomic E-state index is -0.960. The van der Waals surface area contributed by atoms with Crippen LogP contribution in [0.15, 0.2) is 30.3 Å². The Morgan fingerprint density at radius 3 is 2.80 bits per heavy atom. The quantitative estimate of drug-likeness (QED) is 0.898. The van der Waals surface area contributed by atoms with Gasteiger partial charge in [0.2, 0.25) is 0 Å². The number of hydrogen-bond donors (Lipinski definition) is 2. The maximum Gasteiger partial charge on any atom is 0.339 e. The van der Waals surface area contributed by atoms with Crippen LogP contribution in [0.2, 0.25) is 0 Å². The van der Waals surface area contributed by atoms with Crippen LogP contribution in [0.3, 0.4) is 0 Å². The molecule has 1 fully saturated rings. The van der Waals surface area contributed by atoms with Gasteiger partial charge < -0.3 is 15.2 Å². The van der Waals surface area contributed by atoms with Crippen molar-refractivity contribution in [3.8, 4) is 0 Å². The molecular weight excluding hydrogens is 256 g/mol. The van der Waals surface area contributed by atoms with E-state index in [4.69, 9.17) is 4.74 Å². The number of para-hydroxylation sites is 1. The minimum absolute atomic E-state index is 0.218. The van der Waals surface area contributed by atoms with E-state index in [1.807, 2.05) is 24.3 Å². The van der Waals surface area contributed by atoms with E-state index >= 15 is 0 Å². The summed E-state index contributed by atoms with van der Waals surface area (Å²) in [6.45, 7) is 1.40. The number of rotatable bonds is 3. The smallest absolute Gasteiger partial charge is 0.339 e. The van der Waals surface area contributed by atoms with E-state index < -0.39 is 5.97 Å². The Balaban J connectivity index is 1.98. The van der Waals surface area contributed by atoms with Gasteiger partial charge in [-0.1, -0.05) is 18.2 Å². The molecule has 0 spiro atoms. The third kappa shape index (κ3) is 2.58. The van der Waals surface area contributed by atoms with Gasteiger partial charge in [0.15, 0.2) is 0 Å². The molecule has 1 aliphatic heterocycles. The molecule has 3 rings (SSSR count). The Hall–Kier alpha value is -2.14. The summed E-state index contributed by atoms with van der Waals surface area (Å²) < 4.78 is 5.31. The number of anilines is 1. The molecule has 0 atom stereocenters. The molecule has 0 amide bonds. The van der Waals surface area contributed by atoms with E-state index in [1.165, 1.54) is 0 Å². The zero-order valence-corrected chi connectivity index (χ0v) is 11.0. The second kappa shape index (κ2) is 5.46. The van der Waals surface area contributed by atoms with E-state index in [2.05, 4.69) is 10.3 Å². The Labute approximate surface area is 116 Å². The summed E-state index contributed by atoms with van der Waals surface area (Å²) >= 11 is 0. The van der Waals surface area contributed by atoms with E-state index in [0.29, 0.717) is 19.0 Å². The Morgan fingerprint density at radius 1 is 1.30 bits per heavy atom. The van der Waals surface area contributed by atoms with Crippen LogP contribution in [-0.2, 0) is 4.74 Å². The van der Waals surface area contributed by atoms with Crippen molar-refractivity contribution in [2.45, 2.75) is 18.9 Å². The molecule has 1 saturated heterocycles. The summed E-state index contributed by atoms with van der Waals surface area (Å²) in [6, 6.07) is 9.42. The first-order valence-corrected chi connectivity index (χ1v) is 6.71. The van der Waals surface area contributed by atoms with Crippen molar-refractivity contribution in [1.29, 1.82) is 0 Å². The van der Waals surface area contributed by atoms with Crippen molar-refractivity contribution >= 4 is 22.7 Å². The molecule has 1 aromatic heterocycles. The number of nitrogens with one attached hydrogen (secondary N) is 1. The summed E-state index contributed by atoms with van der Waals surface area (Å²) in [5.74, 6) is -0.513. The van der Waals surface area contributed by atoms with Gasteiger partial charge in [0.05, 0.1) is 5.52 Å². The molecule has 20 heavy (non-hydrogen) atoms. The minimum Gasteiger partial charge on any atom is -0.478 e. The molecule has 0 bridgehead atoms. The van der Waals surface area contributed by atoms with Gasteiger partial charge in [-0.25, -0.2) is 9.78 Å². The predicted molar refractivity (Wildman–Crippen MR) is 76.2 cm³/mol. The molecule has 0 radical (unpaired) electrons. The number of carboxylic acids is 1. The third-order valence-electron chi connectivity index (χ3n) is 3.52. The molecule has 2 aromatic rings. The average Bonchev–Trinajstić information content (AvgIpc) is 2.47. The number of ether oxygens (including phenoxy) is 1. The number of nitrogens with zero attached hydrogens (tertiary/aromatic N) is 1. The van der Waals surface area contributed by atoms with Crippen LogP contribution in [0.5, 0.6) is 0 Å². The fourth-order valence-corrected chi connectivity index (χ4v) is 2.42. The van der Waals surface area contributed by atoms with Gasteiger partial charge in [0.1, 0.15) is 11.4 Å². The molecule has 0 aliphatic carbocycles. The molecule has 2 N–H and O–H groups in total. The number of benzene rings is 1. The number of pyridine rings is 1. The van der Waals surface area contributed by atoms with Gasteiger partial charge in [-0.15, -0.1) is 0 Å². The second-order valence-electron chi connectivity index (χ2n) is 4.91. The number of hydrogen-bond acceptors (Lipinski definition) is 4. The summed E-state index contributed by atoms with van der Waals surface area (Å²) in [5.41, 5.74) is 1.02. The molecule has 1 aromatic carbocycles. The molecule has 0 saturated carbocycles. The largest absolute Gasteiger partial charge is 0.478 e. The van der Waals surface area contributed by atoms with Crippen LogP contribution in [0.25, 0.3) is 10.9 Å². The van der Waals surface area contributed by atoms with Crippen molar-refractivity contribution in [3.63, 3.8) is 0 Å². The molecule has 5 nitrogen and oxygen atoms in total. The highest BCUT2D eigenvalue weighted by atomic mass is 16.5. The monoisotopic (exact) mass is 272 g/mol. The van der Waals surface area contributed by atoms with Crippen LogP contribution in [0, 0.1) is 0 Å². The van der Waals surface area contributed by atoms with E-state index in [9.17, 15) is 9.90 Å². The van der Waals surface area contributed by atoms with Gasteiger partial charge in [-0.05, 0) is 25.0 Å². The SMILES string of the molecule is O=C(O)c1cc2ccccc2nc1NC1CCOCC1. The second-order valence-corrected chi connectivity index (χ2v) is 4.91. The summed E-state index contributed by atoms with van der Waals surface area (Å²) in [6.07, 6.45) is 1.74. The van der Waals surface area contributed by atoms with Crippen LogP contribution in [-0.4, -0.2) is 35.3 Å². The van der Waals surface area contributed by atoms with Gasteiger partial charge in [0, 0.05) is 24.6 Å². The lowest BCUT2D eigenvalue weighted by atomic mass is 10.1. The predicted octanol–water partition coefficient (Wildman–Crippen LogP) is 2.52. The molecule has 5 heteroatoms. The van der Waals surface area contributed by atoms with Crippen LogP contribution in [0.4, 0.5) is 5.82 Å². The van der Waals surface area contributed by atoms with Crippen molar-refractivity contribution in [2.75, 3.05) is 18.5 Å². The van der Waals surface area contributed by atoms with Gasteiger partial charge in [0.25, 0.3) is 0 Å². The van der Waals surface area contributed by atoms with Crippen molar-refractivity contribution in [2.24, 2.45) is 0 Å². The van der Waals surface area contributed by atoms with Crippen LogP contribution in [0.1, 0.15) is 23.2 Å². The summed E-state index contributed by atoms with van der Waals surface area (Å²) in [5, 5.41) is 13.4. The number of carbonyl (C=O) groups is 1. The lowest BCUT2D eigenvalue weighted by Gasteiger charge is -2.24. The summed E-state index contributed by atoms with van der Waals surface area (Å²) in [7, 11) is 0. The van der Waals surface area contributed by atoms with Gasteiger partial charge in [-0.2, -0.15) is 0 Å². The van der Waals surface area contributed by atoms with E-state index in [1.54, 1.807) is 6.07 Å². The van der Waals surface area contributed by atoms with E-state index in [0.717, 1.165) is 23.7 Å². The lowest BCUT2D eigenvalue weighted by Crippen LogP contribution is -2.29. The van der Waals surface area contributed by atoms with E-state index in [-0.39, 0.29) is 11.6 Å². The third-order valence-corrected chi connectivity index (χ3v) is 3.52. The highest BCUT2D eigenvalue weighted by Crippen LogP contribution is 2.22. The molecule has 0 unspecified atom stereocenters. The fourth-order valence-electron chi connectivity index (χ4n) is 2.42. The molecule has 2 heterocycles. The van der Waals surface area contributed by atoms with Crippen molar-refractivity contribution in [1.82, 2.24) is 4.98 Å². The highest BCUT2D eigenvalue weighted by molar-refractivity contribution is 5.98. The first-order chi connectivity index (χ1) is 9.74. The zero-order chi connectivity index (χ0) is 13.9. The Kier molecular flexibility index (Phi) is 3.52. The molecule has 104 valence electrons. The topological polar surface area (TPSA) is 71.5 Å². The Morgan fingerprint density at radius 2 is 2.05 bits per heavy atom. The maximum atomic E-state index is 11.4. The normalized spacial score (nSPS) is 16.2. The Bertz CT molecular complexity index is 636. The highest BCUT2D eigenvalue weighted by Gasteiger charge is 2.19. The summed E-state index contributed by atoms with van der Waals surface area (Å²) in [4.78, 5) is 15.9. The molecule has 1 aliphatic rings. The maximum absolute atomic E-state index is 11.4. The lowest BCUT2D eigenvalue weighted by molar-refractivity contribution is 0.0697. The zero-order valence-electron chi connectivity index (χ0n) is 11.0. The van der Waals surface area contributed by atoms with Crippen LogP contribution >= 0.6 is 0 Å².